The number of anilines is 2. The molecule has 2 aromatic rings. The molecule has 1 aliphatic carbocycles. The summed E-state index contributed by atoms with van der Waals surface area (Å²) in [6.45, 7) is 0. The van der Waals surface area contributed by atoms with Gasteiger partial charge < -0.3 is 20.9 Å². The first-order chi connectivity index (χ1) is 15.0. The van der Waals surface area contributed by atoms with Gasteiger partial charge in [-0.15, -0.1) is 0 Å². The van der Waals surface area contributed by atoms with Crippen molar-refractivity contribution >= 4 is 40.8 Å². The van der Waals surface area contributed by atoms with E-state index in [0.29, 0.717) is 16.4 Å². The quantitative estimate of drug-likeness (QED) is 0.670. The van der Waals surface area contributed by atoms with Gasteiger partial charge in [-0.3, -0.25) is 9.59 Å². The number of piperazine rings is 1. The summed E-state index contributed by atoms with van der Waals surface area (Å²) in [7, 11) is 0. The molecule has 31 heavy (non-hydrogen) atoms. The molecule has 7 nitrogen and oxygen atoms in total. The molecule has 1 aliphatic heterocycles. The third-order valence-corrected chi connectivity index (χ3v) is 6.07. The van der Waals surface area contributed by atoms with Crippen molar-refractivity contribution in [3.8, 4) is 0 Å². The molecule has 4 rings (SSSR count). The van der Waals surface area contributed by atoms with Crippen molar-refractivity contribution in [2.24, 2.45) is 0 Å². The summed E-state index contributed by atoms with van der Waals surface area (Å²) >= 11 is 5.89. The highest BCUT2D eigenvalue weighted by Gasteiger charge is 2.46. The lowest BCUT2D eigenvalue weighted by atomic mass is 9.85. The molecule has 162 valence electrons. The monoisotopic (exact) mass is 440 g/mol. The van der Waals surface area contributed by atoms with Crippen LogP contribution < -0.4 is 16.0 Å². The van der Waals surface area contributed by atoms with Crippen molar-refractivity contribution in [2.75, 3.05) is 10.6 Å². The lowest BCUT2D eigenvalue weighted by molar-refractivity contribution is -0.135. The molecule has 2 fully saturated rings. The molecule has 0 aromatic heterocycles. The number of nitrogens with one attached hydrogen (secondary N) is 3. The summed E-state index contributed by atoms with van der Waals surface area (Å²) in [6, 6.07) is 14.4. The van der Waals surface area contributed by atoms with E-state index in [2.05, 4.69) is 16.0 Å². The standard InChI is InChI=1S/C23H25ClN4O3/c24-15-10-12-17(13-11-15)25-21(29)14-20-22(30)27-18-8-4-5-9-19(18)28(20)23(31)26-16-6-2-1-3-7-16/h1-3,6-7,10-13,18-20H,4-5,8-9,14H2,(H,25,29)(H,26,31)(H,27,30)/t18-,19+,20-/m0/s1. The molecule has 0 unspecified atom stereocenters. The summed E-state index contributed by atoms with van der Waals surface area (Å²) in [6.07, 6.45) is 3.49. The lowest BCUT2D eigenvalue weighted by Gasteiger charge is -2.47. The molecular weight excluding hydrogens is 416 g/mol. The number of carbonyl (C=O) groups is 3. The van der Waals surface area contributed by atoms with E-state index < -0.39 is 6.04 Å². The number of urea groups is 1. The zero-order chi connectivity index (χ0) is 21.8. The van der Waals surface area contributed by atoms with Gasteiger partial charge in [-0.1, -0.05) is 42.6 Å². The molecule has 3 atom stereocenters. The lowest BCUT2D eigenvalue weighted by Crippen LogP contribution is -2.68. The Kier molecular flexibility index (Phi) is 6.42. The summed E-state index contributed by atoms with van der Waals surface area (Å²) < 4.78 is 0. The average molecular weight is 441 g/mol. The van der Waals surface area contributed by atoms with Crippen LogP contribution in [-0.4, -0.2) is 40.9 Å². The van der Waals surface area contributed by atoms with E-state index in [-0.39, 0.29) is 36.3 Å². The molecule has 4 amide bonds. The Morgan fingerprint density at radius 2 is 1.65 bits per heavy atom. The average Bonchev–Trinajstić information content (AvgIpc) is 2.76. The summed E-state index contributed by atoms with van der Waals surface area (Å²) in [5.41, 5.74) is 1.23. The predicted octanol–water partition coefficient (Wildman–Crippen LogP) is 4.01. The van der Waals surface area contributed by atoms with Crippen molar-refractivity contribution in [1.82, 2.24) is 10.2 Å². The topological polar surface area (TPSA) is 90.5 Å². The maximum absolute atomic E-state index is 13.2. The molecular formula is C23H25ClN4O3. The number of fused-ring (bicyclic) bond motifs is 1. The van der Waals surface area contributed by atoms with Crippen LogP contribution in [-0.2, 0) is 9.59 Å². The zero-order valence-corrected chi connectivity index (χ0v) is 17.8. The normalized spacial score (nSPS) is 22.8. The number of halogens is 1. The summed E-state index contributed by atoms with van der Waals surface area (Å²) in [4.78, 5) is 40.5. The van der Waals surface area contributed by atoms with Crippen LogP contribution in [0.15, 0.2) is 54.6 Å². The van der Waals surface area contributed by atoms with E-state index in [9.17, 15) is 14.4 Å². The van der Waals surface area contributed by atoms with E-state index in [1.54, 1.807) is 41.3 Å². The Morgan fingerprint density at radius 1 is 0.968 bits per heavy atom. The van der Waals surface area contributed by atoms with Gasteiger partial charge in [0.05, 0.1) is 12.5 Å². The van der Waals surface area contributed by atoms with Gasteiger partial charge in [0.15, 0.2) is 0 Å². The van der Waals surface area contributed by atoms with Crippen molar-refractivity contribution in [2.45, 2.75) is 50.2 Å². The van der Waals surface area contributed by atoms with E-state index >= 15 is 0 Å². The van der Waals surface area contributed by atoms with Crippen LogP contribution in [0, 0.1) is 0 Å². The van der Waals surface area contributed by atoms with Crippen LogP contribution in [0.2, 0.25) is 5.02 Å². The summed E-state index contributed by atoms with van der Waals surface area (Å²) in [5, 5.41) is 9.27. The van der Waals surface area contributed by atoms with Crippen molar-refractivity contribution < 1.29 is 14.4 Å². The smallest absolute Gasteiger partial charge is 0.322 e. The molecule has 1 heterocycles. The van der Waals surface area contributed by atoms with Gasteiger partial charge in [0, 0.05) is 22.4 Å². The Morgan fingerprint density at radius 3 is 2.39 bits per heavy atom. The predicted molar refractivity (Wildman–Crippen MR) is 120 cm³/mol. The molecule has 2 aliphatic rings. The van der Waals surface area contributed by atoms with E-state index in [1.165, 1.54) is 0 Å². The van der Waals surface area contributed by atoms with Crippen LogP contribution >= 0.6 is 11.6 Å². The molecule has 0 spiro atoms. The van der Waals surface area contributed by atoms with E-state index in [0.717, 1.165) is 25.7 Å². The minimum absolute atomic E-state index is 0.0849. The third-order valence-electron chi connectivity index (χ3n) is 5.82. The maximum atomic E-state index is 13.2. The van der Waals surface area contributed by atoms with Crippen molar-refractivity contribution in [1.29, 1.82) is 0 Å². The number of nitrogens with zero attached hydrogens (tertiary/aromatic N) is 1. The Labute approximate surface area is 186 Å². The molecule has 0 bridgehead atoms. The van der Waals surface area contributed by atoms with Gasteiger partial charge in [-0.2, -0.15) is 0 Å². The highest BCUT2D eigenvalue weighted by molar-refractivity contribution is 6.30. The number of hydrogen-bond donors (Lipinski definition) is 3. The highest BCUT2D eigenvalue weighted by atomic mass is 35.5. The van der Waals surface area contributed by atoms with Crippen LogP contribution in [0.4, 0.5) is 16.2 Å². The van der Waals surface area contributed by atoms with Gasteiger partial charge >= 0.3 is 6.03 Å². The largest absolute Gasteiger partial charge is 0.349 e. The maximum Gasteiger partial charge on any atom is 0.322 e. The number of amides is 4. The fourth-order valence-electron chi connectivity index (χ4n) is 4.36. The van der Waals surface area contributed by atoms with Gasteiger partial charge in [0.1, 0.15) is 6.04 Å². The molecule has 0 radical (unpaired) electrons. The molecule has 3 N–H and O–H groups in total. The first kappa shape index (κ1) is 21.2. The van der Waals surface area contributed by atoms with Crippen LogP contribution in [0.1, 0.15) is 32.1 Å². The Bertz CT molecular complexity index is 951. The van der Waals surface area contributed by atoms with Crippen LogP contribution in [0.25, 0.3) is 0 Å². The highest BCUT2D eigenvalue weighted by Crippen LogP contribution is 2.30. The fraction of sp³-hybridized carbons (Fsp3) is 0.348. The van der Waals surface area contributed by atoms with Gasteiger partial charge in [-0.25, -0.2) is 4.79 Å². The number of carbonyl (C=O) groups excluding carboxylic acids is 3. The van der Waals surface area contributed by atoms with Crippen molar-refractivity contribution in [3.05, 3.63) is 59.6 Å². The Hall–Kier alpha value is -3.06. The van der Waals surface area contributed by atoms with E-state index in [4.69, 9.17) is 11.6 Å². The van der Waals surface area contributed by atoms with Gasteiger partial charge in [0.2, 0.25) is 11.8 Å². The molecule has 1 saturated carbocycles. The molecule has 2 aromatic carbocycles. The first-order valence-electron chi connectivity index (χ1n) is 10.5. The second kappa shape index (κ2) is 9.39. The van der Waals surface area contributed by atoms with Gasteiger partial charge in [-0.05, 0) is 49.2 Å². The third kappa shape index (κ3) is 4.99. The first-order valence-corrected chi connectivity index (χ1v) is 10.9. The second-order valence-corrected chi connectivity index (χ2v) is 8.38. The summed E-state index contributed by atoms with van der Waals surface area (Å²) in [5.74, 6) is -0.633. The fourth-order valence-corrected chi connectivity index (χ4v) is 4.49. The number of para-hydroxylation sites is 1. The number of benzene rings is 2. The minimum atomic E-state index is -0.879. The number of hydrogen-bond acceptors (Lipinski definition) is 3. The second-order valence-electron chi connectivity index (χ2n) is 7.95. The van der Waals surface area contributed by atoms with Crippen LogP contribution in [0.3, 0.4) is 0 Å². The van der Waals surface area contributed by atoms with Gasteiger partial charge in [0.25, 0.3) is 0 Å². The SMILES string of the molecule is O=C(C[C@H]1C(=O)N[C@H]2CCCC[C@H]2N1C(=O)Nc1ccccc1)Nc1ccc(Cl)cc1. The van der Waals surface area contributed by atoms with E-state index in [1.807, 2.05) is 18.2 Å². The van der Waals surface area contributed by atoms with Crippen LogP contribution in [0.5, 0.6) is 0 Å². The zero-order valence-electron chi connectivity index (χ0n) is 17.0. The minimum Gasteiger partial charge on any atom is -0.349 e. The van der Waals surface area contributed by atoms with Crippen molar-refractivity contribution in [3.63, 3.8) is 0 Å². The number of rotatable bonds is 4. The molecule has 8 heteroatoms. The molecule has 1 saturated heterocycles. The Balaban J connectivity index is 1.53.